The average molecular weight is 483 g/mol. The predicted molar refractivity (Wildman–Crippen MR) is 112 cm³/mol. The molecule has 0 saturated carbocycles. The van der Waals surface area contributed by atoms with Crippen LogP contribution in [-0.4, -0.2) is 45.1 Å². The van der Waals surface area contributed by atoms with Crippen molar-refractivity contribution in [3.63, 3.8) is 0 Å². The molecule has 0 aliphatic rings. The molecule has 0 unspecified atom stereocenters. The van der Waals surface area contributed by atoms with E-state index < -0.39 is 11.7 Å². The number of ether oxygens (including phenoxy) is 1. The normalized spacial score (nSPS) is 11.7. The molecule has 0 N–H and O–H groups in total. The molecule has 0 bridgehead atoms. The summed E-state index contributed by atoms with van der Waals surface area (Å²) in [5.74, 6) is 0.645. The van der Waals surface area contributed by atoms with Crippen LogP contribution in [0.25, 0.3) is 22.8 Å². The van der Waals surface area contributed by atoms with Gasteiger partial charge in [0.05, 0.1) is 29.6 Å². The van der Waals surface area contributed by atoms with Crippen molar-refractivity contribution in [3.8, 4) is 28.7 Å². The molecule has 0 radical (unpaired) electrons. The summed E-state index contributed by atoms with van der Waals surface area (Å²) in [6, 6.07) is 9.57. The van der Waals surface area contributed by atoms with Gasteiger partial charge in [0, 0.05) is 24.9 Å². The largest absolute Gasteiger partial charge is 0.471 e. The lowest BCUT2D eigenvalue weighted by atomic mass is 10.1. The van der Waals surface area contributed by atoms with Gasteiger partial charge in [-0.15, -0.1) is 10.2 Å². The number of alkyl halides is 3. The summed E-state index contributed by atoms with van der Waals surface area (Å²) in [6.07, 6.45) is -0.833. The maximum atomic E-state index is 12.7. The number of benzene rings is 1. The fraction of sp³-hybridized carbons (Fsp3) is 0.190. The Hall–Kier alpha value is -4.62. The number of hydrogen-bond donors (Lipinski definition) is 0. The molecular formula is C21H16F3N9O2. The first-order valence-corrected chi connectivity index (χ1v) is 10.2. The highest BCUT2D eigenvalue weighted by Gasteiger charge is 2.30. The molecule has 35 heavy (non-hydrogen) atoms. The third kappa shape index (κ3) is 4.85. The summed E-state index contributed by atoms with van der Waals surface area (Å²) in [5, 5.41) is 19.7. The van der Waals surface area contributed by atoms with E-state index >= 15 is 0 Å². The third-order valence-corrected chi connectivity index (χ3v) is 5.07. The number of halogens is 3. The average Bonchev–Trinajstić information content (AvgIpc) is 3.60. The SMILES string of the molecule is Cn1ncc(-c2nc(-c3ccc(Cn4ncnn4)cc3)no2)c1COc1ccc(C(F)(F)F)cn1. The van der Waals surface area contributed by atoms with E-state index in [2.05, 4.69) is 35.6 Å². The van der Waals surface area contributed by atoms with Crippen LogP contribution in [0.15, 0.2) is 59.6 Å². The number of pyridine rings is 1. The highest BCUT2D eigenvalue weighted by molar-refractivity contribution is 5.61. The van der Waals surface area contributed by atoms with E-state index in [1.807, 2.05) is 24.3 Å². The Morgan fingerprint density at radius 1 is 1.03 bits per heavy atom. The molecule has 4 aromatic heterocycles. The summed E-state index contributed by atoms with van der Waals surface area (Å²) < 4.78 is 50.7. The van der Waals surface area contributed by atoms with Crippen molar-refractivity contribution in [2.75, 3.05) is 0 Å². The molecule has 0 saturated heterocycles. The number of aromatic nitrogens is 9. The van der Waals surface area contributed by atoms with E-state index in [4.69, 9.17) is 9.26 Å². The maximum Gasteiger partial charge on any atom is 0.417 e. The summed E-state index contributed by atoms with van der Waals surface area (Å²) in [4.78, 5) is 9.64. The summed E-state index contributed by atoms with van der Waals surface area (Å²) >= 11 is 0. The highest BCUT2D eigenvalue weighted by atomic mass is 19.4. The van der Waals surface area contributed by atoms with Gasteiger partial charge >= 0.3 is 6.18 Å². The van der Waals surface area contributed by atoms with Crippen molar-refractivity contribution in [3.05, 3.63) is 71.9 Å². The molecule has 0 spiro atoms. The van der Waals surface area contributed by atoms with Crippen molar-refractivity contribution in [1.82, 2.24) is 45.1 Å². The van der Waals surface area contributed by atoms with Gasteiger partial charge in [0.15, 0.2) is 6.33 Å². The van der Waals surface area contributed by atoms with Crippen molar-refractivity contribution in [2.24, 2.45) is 7.05 Å². The lowest BCUT2D eigenvalue weighted by Gasteiger charge is -2.09. The van der Waals surface area contributed by atoms with E-state index in [0.717, 1.165) is 29.5 Å². The van der Waals surface area contributed by atoms with Crippen LogP contribution in [0.3, 0.4) is 0 Å². The maximum absolute atomic E-state index is 12.7. The summed E-state index contributed by atoms with van der Waals surface area (Å²) in [6.45, 7) is 0.456. The minimum Gasteiger partial charge on any atom is -0.471 e. The molecule has 0 aliphatic heterocycles. The molecule has 178 valence electrons. The van der Waals surface area contributed by atoms with Crippen LogP contribution in [0, 0.1) is 0 Å². The standard InChI is InChI=1S/C21H16F3N9O2/c1-32-17(11-34-18-7-6-15(8-25-18)21(22,23)24)16(9-27-32)20-29-19(30-35-20)14-4-2-13(3-5-14)10-33-28-12-26-31-33/h2-9,12H,10-11H2,1H3. The summed E-state index contributed by atoms with van der Waals surface area (Å²) in [7, 11) is 1.70. The first-order chi connectivity index (χ1) is 16.9. The molecule has 0 aliphatic carbocycles. The zero-order valence-electron chi connectivity index (χ0n) is 18.1. The molecule has 5 rings (SSSR count). The molecule has 1 aromatic carbocycles. The van der Waals surface area contributed by atoms with Crippen molar-refractivity contribution in [2.45, 2.75) is 19.3 Å². The van der Waals surface area contributed by atoms with Gasteiger partial charge in [0.2, 0.25) is 11.7 Å². The molecule has 4 heterocycles. The van der Waals surface area contributed by atoms with Gasteiger partial charge in [-0.3, -0.25) is 4.68 Å². The van der Waals surface area contributed by atoms with Gasteiger partial charge in [-0.2, -0.15) is 28.1 Å². The van der Waals surface area contributed by atoms with Crippen molar-refractivity contribution < 1.29 is 22.4 Å². The first-order valence-electron chi connectivity index (χ1n) is 10.2. The fourth-order valence-corrected chi connectivity index (χ4v) is 3.22. The Kier molecular flexibility index (Phi) is 5.68. The Morgan fingerprint density at radius 3 is 2.54 bits per heavy atom. The third-order valence-electron chi connectivity index (χ3n) is 5.07. The van der Waals surface area contributed by atoms with Crippen LogP contribution >= 0.6 is 0 Å². The number of aryl methyl sites for hydroxylation is 1. The van der Waals surface area contributed by atoms with Gasteiger partial charge in [0.1, 0.15) is 6.61 Å². The Labute approximate surface area is 195 Å². The van der Waals surface area contributed by atoms with Crippen molar-refractivity contribution in [1.29, 1.82) is 0 Å². The molecule has 0 fully saturated rings. The Balaban J connectivity index is 1.30. The van der Waals surface area contributed by atoms with E-state index in [9.17, 15) is 13.2 Å². The Bertz CT molecular complexity index is 1410. The van der Waals surface area contributed by atoms with E-state index in [1.54, 1.807) is 17.9 Å². The predicted octanol–water partition coefficient (Wildman–Crippen LogP) is 3.16. The minimum atomic E-state index is -4.47. The van der Waals surface area contributed by atoms with Crippen LogP contribution < -0.4 is 4.74 Å². The molecule has 0 amide bonds. The van der Waals surface area contributed by atoms with Gasteiger partial charge in [0.25, 0.3) is 5.89 Å². The monoisotopic (exact) mass is 483 g/mol. The number of nitrogens with zero attached hydrogens (tertiary/aromatic N) is 9. The quantitative estimate of drug-likeness (QED) is 0.343. The summed E-state index contributed by atoms with van der Waals surface area (Å²) in [5.41, 5.74) is 1.97. The van der Waals surface area contributed by atoms with E-state index in [0.29, 0.717) is 23.6 Å². The molecule has 11 nitrogen and oxygen atoms in total. The molecule has 5 aromatic rings. The second kappa shape index (κ2) is 8.96. The second-order valence-electron chi connectivity index (χ2n) is 7.39. The molecular weight excluding hydrogens is 467 g/mol. The lowest BCUT2D eigenvalue weighted by molar-refractivity contribution is -0.137. The fourth-order valence-electron chi connectivity index (χ4n) is 3.22. The van der Waals surface area contributed by atoms with Crippen LogP contribution in [-0.2, 0) is 26.4 Å². The van der Waals surface area contributed by atoms with Gasteiger partial charge in [-0.1, -0.05) is 29.4 Å². The van der Waals surface area contributed by atoms with E-state index in [-0.39, 0.29) is 18.4 Å². The molecule has 0 atom stereocenters. The van der Waals surface area contributed by atoms with Crippen LogP contribution in [0.1, 0.15) is 16.8 Å². The van der Waals surface area contributed by atoms with Crippen LogP contribution in [0.5, 0.6) is 5.88 Å². The second-order valence-corrected chi connectivity index (χ2v) is 7.39. The van der Waals surface area contributed by atoms with Gasteiger partial charge in [-0.05, 0) is 16.8 Å². The number of rotatable bonds is 7. The Morgan fingerprint density at radius 2 is 1.86 bits per heavy atom. The van der Waals surface area contributed by atoms with Crippen LogP contribution in [0.4, 0.5) is 13.2 Å². The zero-order valence-corrected chi connectivity index (χ0v) is 18.1. The number of tetrazole rings is 1. The van der Waals surface area contributed by atoms with Gasteiger partial charge < -0.3 is 9.26 Å². The topological polar surface area (TPSA) is 122 Å². The first kappa shape index (κ1) is 22.2. The molecule has 14 heteroatoms. The van der Waals surface area contributed by atoms with Gasteiger partial charge in [-0.25, -0.2) is 4.98 Å². The zero-order chi connectivity index (χ0) is 24.4. The van der Waals surface area contributed by atoms with Crippen LogP contribution in [0.2, 0.25) is 0 Å². The minimum absolute atomic E-state index is 0.0209. The van der Waals surface area contributed by atoms with Crippen molar-refractivity contribution >= 4 is 0 Å². The van der Waals surface area contributed by atoms with E-state index in [1.165, 1.54) is 11.1 Å². The highest BCUT2D eigenvalue weighted by Crippen LogP contribution is 2.30. The lowest BCUT2D eigenvalue weighted by Crippen LogP contribution is -2.07. The smallest absolute Gasteiger partial charge is 0.417 e. The number of hydrogen-bond acceptors (Lipinski definition) is 9.